The third-order valence-corrected chi connectivity index (χ3v) is 4.17. The molecule has 0 radical (unpaired) electrons. The highest BCUT2D eigenvalue weighted by Gasteiger charge is 2.08. The zero-order chi connectivity index (χ0) is 11.9. The van der Waals surface area contributed by atoms with Crippen LogP contribution < -0.4 is 4.90 Å². The van der Waals surface area contributed by atoms with Gasteiger partial charge in [-0.1, -0.05) is 0 Å². The van der Waals surface area contributed by atoms with Crippen molar-refractivity contribution in [1.29, 1.82) is 0 Å². The maximum Gasteiger partial charge on any atom is 0.114 e. The lowest BCUT2D eigenvalue weighted by atomic mass is 10.1. The fourth-order valence-corrected chi connectivity index (χ4v) is 2.65. The topological polar surface area (TPSA) is 16.1 Å². The van der Waals surface area contributed by atoms with Crippen molar-refractivity contribution in [3.63, 3.8) is 0 Å². The lowest BCUT2D eigenvalue weighted by Gasteiger charge is -2.14. The number of hydrogen-bond donors (Lipinski definition) is 0. The highest BCUT2D eigenvalue weighted by molar-refractivity contribution is 9.11. The highest BCUT2D eigenvalue weighted by atomic mass is 79.9. The minimum absolute atomic E-state index is 0.897. The average molecular weight is 344 g/mol. The number of fused-ring (bicyclic) bond motifs is 1. The molecule has 1 heterocycles. The largest absolute Gasteiger partial charge is 0.378 e. The molecule has 2 nitrogen and oxygen atoms in total. The maximum atomic E-state index is 4.43. The maximum absolute atomic E-state index is 4.43. The van der Waals surface area contributed by atoms with E-state index in [1.807, 2.05) is 21.0 Å². The van der Waals surface area contributed by atoms with Gasteiger partial charge in [0.25, 0.3) is 0 Å². The Morgan fingerprint density at radius 1 is 1.12 bits per heavy atom. The van der Waals surface area contributed by atoms with E-state index in [0.717, 1.165) is 20.2 Å². The fourth-order valence-electron chi connectivity index (χ4n) is 1.62. The normalized spacial score (nSPS) is 10.8. The van der Waals surface area contributed by atoms with Crippen LogP contribution in [-0.4, -0.2) is 19.1 Å². The van der Waals surface area contributed by atoms with E-state index in [2.05, 4.69) is 59.9 Å². The van der Waals surface area contributed by atoms with E-state index in [4.69, 9.17) is 0 Å². The van der Waals surface area contributed by atoms with E-state index in [1.54, 1.807) is 0 Å². The summed E-state index contributed by atoms with van der Waals surface area (Å²) in [4.78, 5) is 6.52. The predicted octanol–water partition coefficient (Wildman–Crippen LogP) is 4.13. The monoisotopic (exact) mass is 342 g/mol. The standard InChI is InChI=1S/C12H12Br2N2/c1-7-11(13)10-6-8(16(2)3)4-5-9(10)12(14)15-7/h4-6H,1-3H3. The van der Waals surface area contributed by atoms with Crippen molar-refractivity contribution in [2.75, 3.05) is 19.0 Å². The Kier molecular flexibility index (Phi) is 3.22. The summed E-state index contributed by atoms with van der Waals surface area (Å²) in [7, 11) is 4.08. The summed E-state index contributed by atoms with van der Waals surface area (Å²) in [5.41, 5.74) is 2.18. The Morgan fingerprint density at radius 3 is 2.44 bits per heavy atom. The van der Waals surface area contributed by atoms with Crippen molar-refractivity contribution in [3.05, 3.63) is 33.0 Å². The van der Waals surface area contributed by atoms with E-state index < -0.39 is 0 Å². The van der Waals surface area contributed by atoms with Gasteiger partial charge in [0.1, 0.15) is 4.60 Å². The molecular weight excluding hydrogens is 332 g/mol. The van der Waals surface area contributed by atoms with Crippen LogP contribution in [0.4, 0.5) is 5.69 Å². The second kappa shape index (κ2) is 4.34. The van der Waals surface area contributed by atoms with Gasteiger partial charge in [-0.25, -0.2) is 4.98 Å². The first-order chi connectivity index (χ1) is 7.50. The summed E-state index contributed by atoms with van der Waals surface area (Å²) >= 11 is 7.09. The zero-order valence-electron chi connectivity index (χ0n) is 9.38. The molecule has 0 aliphatic heterocycles. The Bertz CT molecular complexity index is 550. The van der Waals surface area contributed by atoms with Gasteiger partial charge in [0, 0.05) is 35.0 Å². The number of pyridine rings is 1. The van der Waals surface area contributed by atoms with E-state index in [9.17, 15) is 0 Å². The van der Waals surface area contributed by atoms with Crippen LogP contribution in [0, 0.1) is 6.92 Å². The van der Waals surface area contributed by atoms with Gasteiger partial charge in [-0.2, -0.15) is 0 Å². The van der Waals surface area contributed by atoms with Gasteiger partial charge in [-0.3, -0.25) is 0 Å². The van der Waals surface area contributed by atoms with Crippen LogP contribution in [-0.2, 0) is 0 Å². The Hall–Kier alpha value is -0.610. The molecule has 1 aromatic heterocycles. The summed E-state index contributed by atoms with van der Waals surface area (Å²) in [6, 6.07) is 6.35. The number of rotatable bonds is 1. The van der Waals surface area contributed by atoms with Crippen molar-refractivity contribution in [2.24, 2.45) is 0 Å². The number of aromatic nitrogens is 1. The Labute approximate surface area is 112 Å². The molecule has 84 valence electrons. The first-order valence-electron chi connectivity index (χ1n) is 4.93. The van der Waals surface area contributed by atoms with Crippen LogP contribution in [0.15, 0.2) is 27.3 Å². The highest BCUT2D eigenvalue weighted by Crippen LogP contribution is 2.33. The van der Waals surface area contributed by atoms with Crippen LogP contribution in [0.3, 0.4) is 0 Å². The molecule has 0 aliphatic rings. The van der Waals surface area contributed by atoms with E-state index in [-0.39, 0.29) is 0 Å². The second-order valence-corrected chi connectivity index (χ2v) is 5.47. The third kappa shape index (κ3) is 1.96. The number of halogens is 2. The molecule has 0 saturated carbocycles. The zero-order valence-corrected chi connectivity index (χ0v) is 12.6. The molecule has 0 unspecified atom stereocenters. The number of nitrogens with zero attached hydrogens (tertiary/aromatic N) is 2. The van der Waals surface area contributed by atoms with Crippen molar-refractivity contribution in [1.82, 2.24) is 4.98 Å². The molecule has 16 heavy (non-hydrogen) atoms. The molecule has 0 bridgehead atoms. The quantitative estimate of drug-likeness (QED) is 0.723. The first-order valence-corrected chi connectivity index (χ1v) is 6.52. The SMILES string of the molecule is Cc1nc(Br)c2ccc(N(C)C)cc2c1Br. The molecule has 1 aromatic carbocycles. The van der Waals surface area contributed by atoms with E-state index in [1.165, 1.54) is 11.1 Å². The number of benzene rings is 1. The van der Waals surface area contributed by atoms with Crippen molar-refractivity contribution in [3.8, 4) is 0 Å². The second-order valence-electron chi connectivity index (χ2n) is 3.93. The summed E-state index contributed by atoms with van der Waals surface area (Å²) in [6.07, 6.45) is 0. The van der Waals surface area contributed by atoms with Crippen molar-refractivity contribution in [2.45, 2.75) is 6.92 Å². The van der Waals surface area contributed by atoms with Crippen LogP contribution in [0.1, 0.15) is 5.69 Å². The molecule has 2 rings (SSSR count). The van der Waals surface area contributed by atoms with Crippen molar-refractivity contribution < 1.29 is 0 Å². The van der Waals surface area contributed by atoms with E-state index >= 15 is 0 Å². The summed E-state index contributed by atoms with van der Waals surface area (Å²) in [6.45, 7) is 2.00. The molecule has 0 spiro atoms. The molecule has 0 atom stereocenters. The molecule has 0 aliphatic carbocycles. The number of anilines is 1. The molecular formula is C12H12Br2N2. The molecule has 0 N–H and O–H groups in total. The van der Waals surface area contributed by atoms with E-state index in [0.29, 0.717) is 0 Å². The minimum atomic E-state index is 0.897. The molecule has 4 heteroatoms. The summed E-state index contributed by atoms with van der Waals surface area (Å²) < 4.78 is 1.96. The first kappa shape index (κ1) is 11.9. The van der Waals surface area contributed by atoms with Crippen LogP contribution >= 0.6 is 31.9 Å². The summed E-state index contributed by atoms with van der Waals surface area (Å²) in [5.74, 6) is 0. The van der Waals surface area contributed by atoms with Gasteiger partial charge >= 0.3 is 0 Å². The fraction of sp³-hybridized carbons (Fsp3) is 0.250. The van der Waals surface area contributed by atoms with Crippen LogP contribution in [0.5, 0.6) is 0 Å². The molecule has 0 amide bonds. The summed E-state index contributed by atoms with van der Waals surface area (Å²) in [5, 5.41) is 2.31. The van der Waals surface area contributed by atoms with Crippen LogP contribution in [0.2, 0.25) is 0 Å². The van der Waals surface area contributed by atoms with Gasteiger partial charge in [-0.15, -0.1) is 0 Å². The smallest absolute Gasteiger partial charge is 0.114 e. The van der Waals surface area contributed by atoms with Gasteiger partial charge < -0.3 is 4.90 Å². The lowest BCUT2D eigenvalue weighted by Crippen LogP contribution is -2.08. The Balaban J connectivity index is 2.81. The average Bonchev–Trinajstić information content (AvgIpc) is 2.25. The molecule has 0 saturated heterocycles. The van der Waals surface area contributed by atoms with Crippen LogP contribution in [0.25, 0.3) is 10.8 Å². The Morgan fingerprint density at radius 2 is 1.81 bits per heavy atom. The van der Waals surface area contributed by atoms with Gasteiger partial charge in [-0.05, 0) is 57.0 Å². The van der Waals surface area contributed by atoms with Gasteiger partial charge in [0.05, 0.1) is 5.69 Å². The predicted molar refractivity (Wildman–Crippen MR) is 76.2 cm³/mol. The molecule has 0 fully saturated rings. The van der Waals surface area contributed by atoms with Gasteiger partial charge in [0.15, 0.2) is 0 Å². The number of hydrogen-bond acceptors (Lipinski definition) is 2. The van der Waals surface area contributed by atoms with Gasteiger partial charge in [0.2, 0.25) is 0 Å². The molecule has 2 aromatic rings. The third-order valence-electron chi connectivity index (χ3n) is 2.56. The van der Waals surface area contributed by atoms with Crippen molar-refractivity contribution >= 4 is 48.3 Å². The lowest BCUT2D eigenvalue weighted by molar-refractivity contribution is 1.13. The minimum Gasteiger partial charge on any atom is -0.378 e. The number of aryl methyl sites for hydroxylation is 1.